The molecule has 0 aliphatic carbocycles. The zero-order valence-electron chi connectivity index (χ0n) is 9.42. The van der Waals surface area contributed by atoms with E-state index in [2.05, 4.69) is 17.1 Å². The van der Waals surface area contributed by atoms with Gasteiger partial charge in [-0.2, -0.15) is 0 Å². The molecular weight excluding hydrogens is 232 g/mol. The van der Waals surface area contributed by atoms with E-state index in [1.54, 1.807) is 11.3 Å². The fourth-order valence-electron chi connectivity index (χ4n) is 1.93. The van der Waals surface area contributed by atoms with Gasteiger partial charge in [0.15, 0.2) is 4.96 Å². The summed E-state index contributed by atoms with van der Waals surface area (Å²) in [6.07, 6.45) is 2.04. The van der Waals surface area contributed by atoms with Crippen molar-refractivity contribution in [1.82, 2.24) is 9.38 Å². The van der Waals surface area contributed by atoms with Crippen molar-refractivity contribution in [3.8, 4) is 10.4 Å². The summed E-state index contributed by atoms with van der Waals surface area (Å²) in [5, 5.41) is 9.33. The Labute approximate surface area is 103 Å². The first-order valence-electron chi connectivity index (χ1n) is 5.43. The number of fused-ring (bicyclic) bond motifs is 1. The van der Waals surface area contributed by atoms with E-state index in [-0.39, 0.29) is 6.61 Å². The van der Waals surface area contributed by atoms with Crippen molar-refractivity contribution < 1.29 is 5.11 Å². The molecule has 1 aromatic carbocycles. The highest BCUT2D eigenvalue weighted by Gasteiger charge is 2.11. The summed E-state index contributed by atoms with van der Waals surface area (Å²) in [7, 11) is 0. The number of benzene rings is 1. The van der Waals surface area contributed by atoms with E-state index >= 15 is 0 Å². The van der Waals surface area contributed by atoms with Crippen molar-refractivity contribution in [3.63, 3.8) is 0 Å². The molecule has 3 rings (SSSR count). The molecule has 0 saturated carbocycles. The Morgan fingerprint density at radius 1 is 1.29 bits per heavy atom. The van der Waals surface area contributed by atoms with Gasteiger partial charge in [0.25, 0.3) is 0 Å². The van der Waals surface area contributed by atoms with Crippen molar-refractivity contribution >= 4 is 16.3 Å². The monoisotopic (exact) mass is 244 g/mol. The average Bonchev–Trinajstić information content (AvgIpc) is 2.86. The predicted octanol–water partition coefficient (Wildman–Crippen LogP) is 2.86. The van der Waals surface area contributed by atoms with Gasteiger partial charge in [-0.1, -0.05) is 41.7 Å². The lowest BCUT2D eigenvalue weighted by atomic mass is 10.2. The molecule has 3 nitrogen and oxygen atoms in total. The Balaban J connectivity index is 2.18. The molecule has 0 bridgehead atoms. The molecule has 0 aliphatic heterocycles. The molecule has 86 valence electrons. The summed E-state index contributed by atoms with van der Waals surface area (Å²) in [5.41, 5.74) is 2.96. The van der Waals surface area contributed by atoms with Gasteiger partial charge in [-0.15, -0.1) is 0 Å². The molecule has 0 fully saturated rings. The first-order valence-corrected chi connectivity index (χ1v) is 6.25. The summed E-state index contributed by atoms with van der Waals surface area (Å²) < 4.78 is 1.97. The highest BCUT2D eigenvalue weighted by molar-refractivity contribution is 7.20. The molecule has 0 amide bonds. The van der Waals surface area contributed by atoms with Crippen LogP contribution < -0.4 is 0 Å². The number of hydrogen-bond acceptors (Lipinski definition) is 3. The molecule has 0 atom stereocenters. The Kier molecular flexibility index (Phi) is 2.46. The molecule has 0 unspecified atom stereocenters. The zero-order chi connectivity index (χ0) is 11.8. The van der Waals surface area contributed by atoms with E-state index in [9.17, 15) is 5.11 Å². The Bertz CT molecular complexity index is 655. The van der Waals surface area contributed by atoms with Crippen LogP contribution in [-0.4, -0.2) is 14.5 Å². The van der Waals surface area contributed by atoms with Crippen molar-refractivity contribution in [2.45, 2.75) is 13.5 Å². The second-order valence-electron chi connectivity index (χ2n) is 3.92. The van der Waals surface area contributed by atoms with Crippen LogP contribution in [0, 0.1) is 6.92 Å². The van der Waals surface area contributed by atoms with Gasteiger partial charge in [-0.25, -0.2) is 4.98 Å². The number of rotatable bonds is 2. The topological polar surface area (TPSA) is 37.5 Å². The summed E-state index contributed by atoms with van der Waals surface area (Å²) in [4.78, 5) is 6.56. The van der Waals surface area contributed by atoms with Crippen molar-refractivity contribution in [3.05, 3.63) is 47.9 Å². The van der Waals surface area contributed by atoms with E-state index < -0.39 is 0 Å². The van der Waals surface area contributed by atoms with Crippen LogP contribution in [0.5, 0.6) is 0 Å². The van der Waals surface area contributed by atoms with Crippen LogP contribution in [0.15, 0.2) is 36.5 Å². The van der Waals surface area contributed by atoms with Gasteiger partial charge < -0.3 is 5.11 Å². The third-order valence-electron chi connectivity index (χ3n) is 2.83. The van der Waals surface area contributed by atoms with Gasteiger partial charge in [0, 0.05) is 6.20 Å². The van der Waals surface area contributed by atoms with Crippen LogP contribution >= 0.6 is 11.3 Å². The smallest absolute Gasteiger partial charge is 0.194 e. The fraction of sp³-hybridized carbons (Fsp3) is 0.154. The second-order valence-corrected chi connectivity index (χ2v) is 4.93. The lowest BCUT2D eigenvalue weighted by molar-refractivity contribution is 0.275. The summed E-state index contributed by atoms with van der Waals surface area (Å²) >= 11 is 1.64. The maximum atomic E-state index is 9.33. The van der Waals surface area contributed by atoms with Gasteiger partial charge in [0.2, 0.25) is 0 Å². The third kappa shape index (κ3) is 1.66. The molecule has 1 N–H and O–H groups in total. The number of aliphatic hydroxyl groups excluding tert-OH is 1. The number of imidazole rings is 1. The number of aryl methyl sites for hydroxylation is 1. The van der Waals surface area contributed by atoms with E-state index in [0.717, 1.165) is 16.3 Å². The van der Waals surface area contributed by atoms with E-state index in [1.165, 1.54) is 10.4 Å². The highest BCUT2D eigenvalue weighted by Crippen LogP contribution is 2.29. The fourth-order valence-corrected chi connectivity index (χ4v) is 2.98. The van der Waals surface area contributed by atoms with Crippen LogP contribution in [0.25, 0.3) is 15.4 Å². The Hall–Kier alpha value is -1.65. The van der Waals surface area contributed by atoms with Crippen LogP contribution in [0.2, 0.25) is 0 Å². The molecule has 3 aromatic rings. The summed E-state index contributed by atoms with van der Waals surface area (Å²) in [6, 6.07) is 10.2. The van der Waals surface area contributed by atoms with Crippen LogP contribution in [-0.2, 0) is 6.61 Å². The van der Waals surface area contributed by atoms with E-state index in [4.69, 9.17) is 0 Å². The number of nitrogens with zero attached hydrogens (tertiary/aromatic N) is 2. The molecule has 0 saturated heterocycles. The molecule has 2 aromatic heterocycles. The normalized spacial score (nSPS) is 11.2. The lowest BCUT2D eigenvalue weighted by Gasteiger charge is -1.96. The van der Waals surface area contributed by atoms with Gasteiger partial charge in [-0.3, -0.25) is 4.40 Å². The first kappa shape index (κ1) is 10.5. The average molecular weight is 244 g/mol. The van der Waals surface area contributed by atoms with Gasteiger partial charge >= 0.3 is 0 Å². The largest absolute Gasteiger partial charge is 0.390 e. The second kappa shape index (κ2) is 3.98. The molecule has 0 aliphatic rings. The number of aliphatic hydroxyl groups is 1. The van der Waals surface area contributed by atoms with Crippen molar-refractivity contribution in [1.29, 1.82) is 0 Å². The minimum absolute atomic E-state index is 0.0258. The first-order chi connectivity index (χ1) is 8.29. The van der Waals surface area contributed by atoms with Crippen LogP contribution in [0.4, 0.5) is 0 Å². The molecule has 4 heteroatoms. The molecule has 0 radical (unpaired) electrons. The molecule has 17 heavy (non-hydrogen) atoms. The lowest BCUT2D eigenvalue weighted by Crippen LogP contribution is -1.91. The highest BCUT2D eigenvalue weighted by atomic mass is 32.1. The number of hydrogen-bond donors (Lipinski definition) is 1. The summed E-state index contributed by atoms with van der Waals surface area (Å²) in [5.74, 6) is 0. The van der Waals surface area contributed by atoms with E-state index in [1.807, 2.05) is 35.7 Å². The molecule has 2 heterocycles. The van der Waals surface area contributed by atoms with Crippen LogP contribution in [0.3, 0.4) is 0 Å². The maximum absolute atomic E-state index is 9.33. The Morgan fingerprint density at radius 2 is 2.06 bits per heavy atom. The van der Waals surface area contributed by atoms with Crippen molar-refractivity contribution in [2.24, 2.45) is 0 Å². The maximum Gasteiger partial charge on any atom is 0.194 e. The quantitative estimate of drug-likeness (QED) is 0.752. The minimum atomic E-state index is 0.0258. The molecule has 0 spiro atoms. The number of thiazole rings is 1. The Morgan fingerprint density at radius 3 is 2.76 bits per heavy atom. The third-order valence-corrected chi connectivity index (χ3v) is 3.87. The van der Waals surface area contributed by atoms with E-state index in [0.29, 0.717) is 0 Å². The predicted molar refractivity (Wildman–Crippen MR) is 69.2 cm³/mol. The standard InChI is InChI=1S/C13H12N2OS/c1-9-11(8-16)15-7-12(17-13(15)14-9)10-5-3-2-4-6-10/h2-7,16H,8H2,1H3. The minimum Gasteiger partial charge on any atom is -0.390 e. The van der Waals surface area contributed by atoms with Crippen LogP contribution in [0.1, 0.15) is 11.4 Å². The SMILES string of the molecule is Cc1nc2sc(-c3ccccc3)cn2c1CO. The molecular formula is C13H12N2OS. The zero-order valence-corrected chi connectivity index (χ0v) is 10.2. The van der Waals surface area contributed by atoms with Crippen molar-refractivity contribution in [2.75, 3.05) is 0 Å². The van der Waals surface area contributed by atoms with Gasteiger partial charge in [0.1, 0.15) is 0 Å². The van der Waals surface area contributed by atoms with Gasteiger partial charge in [0.05, 0.1) is 22.9 Å². The summed E-state index contributed by atoms with van der Waals surface area (Å²) in [6.45, 7) is 1.95. The van der Waals surface area contributed by atoms with Gasteiger partial charge in [-0.05, 0) is 12.5 Å². The number of aromatic nitrogens is 2.